The van der Waals surface area contributed by atoms with Gasteiger partial charge in [0.1, 0.15) is 11.5 Å². The van der Waals surface area contributed by atoms with Crippen LogP contribution < -0.4 is 11.5 Å². The first-order valence-corrected chi connectivity index (χ1v) is 4.22. The largest absolute Gasteiger partial charge is 0.370 e. The third-order valence-corrected chi connectivity index (χ3v) is 1.83. The molecule has 4 N–H and O–H groups in total. The number of benzene rings is 1. The molecule has 0 aliphatic carbocycles. The van der Waals surface area contributed by atoms with Crippen LogP contribution in [0.1, 0.15) is 0 Å². The minimum absolute atomic E-state index is 0.143. The average molecular weight is 279 g/mol. The van der Waals surface area contributed by atoms with Crippen LogP contribution in [0.2, 0.25) is 0 Å². The lowest BCUT2D eigenvalue weighted by Gasteiger charge is -1.97. The number of halogens is 2. The van der Waals surface area contributed by atoms with Crippen LogP contribution in [-0.2, 0) is 0 Å². The molecule has 0 aromatic heterocycles. The summed E-state index contributed by atoms with van der Waals surface area (Å²) in [5.74, 6) is -0.564. The molecule has 0 radical (unpaired) electrons. The highest BCUT2D eigenvalue weighted by atomic mass is 127. The fraction of sp³-hybridized carbons (Fsp3) is 0. The molecule has 1 aromatic rings. The number of rotatable bonds is 1. The summed E-state index contributed by atoms with van der Waals surface area (Å²) in [7, 11) is 0. The molecule has 0 heterocycles. The Morgan fingerprint density at radius 1 is 1.42 bits per heavy atom. The number of nitrogens with two attached hydrogens (primary N) is 2. The number of guanidine groups is 1. The van der Waals surface area contributed by atoms with Crippen molar-refractivity contribution in [3.8, 4) is 0 Å². The average Bonchev–Trinajstić information content (AvgIpc) is 1.94. The molecule has 0 saturated heterocycles. The van der Waals surface area contributed by atoms with Crippen LogP contribution in [0.4, 0.5) is 10.1 Å². The Bertz CT molecular complexity index is 320. The predicted molar refractivity (Wildman–Crippen MR) is 54.6 cm³/mol. The molecule has 0 unspecified atom stereocenters. The number of hydrogen-bond acceptors (Lipinski definition) is 1. The lowest BCUT2D eigenvalue weighted by Crippen LogP contribution is -2.22. The molecule has 0 atom stereocenters. The highest BCUT2D eigenvalue weighted by molar-refractivity contribution is 14.1. The zero-order valence-corrected chi connectivity index (χ0v) is 8.25. The summed E-state index contributed by atoms with van der Waals surface area (Å²) in [5.41, 5.74) is 10.3. The topological polar surface area (TPSA) is 64.4 Å². The highest BCUT2D eigenvalue weighted by Crippen LogP contribution is 2.19. The lowest BCUT2D eigenvalue weighted by molar-refractivity contribution is 0.629. The molecule has 0 amide bonds. The molecule has 1 rings (SSSR count). The van der Waals surface area contributed by atoms with E-state index in [1.165, 1.54) is 12.1 Å². The predicted octanol–water partition coefficient (Wildman–Crippen LogP) is 1.34. The molecule has 0 fully saturated rings. The van der Waals surface area contributed by atoms with Crippen LogP contribution in [-0.4, -0.2) is 5.96 Å². The minimum atomic E-state index is -0.421. The SMILES string of the molecule is NC(N)=Nc1ccc(I)cc1F. The first kappa shape index (κ1) is 9.24. The quantitative estimate of drug-likeness (QED) is 0.463. The number of aliphatic imine (C=N–C) groups is 1. The molecule has 64 valence electrons. The maximum atomic E-state index is 13.0. The van der Waals surface area contributed by atoms with E-state index in [9.17, 15) is 4.39 Å². The standard InChI is InChI=1S/C7H7FIN3/c8-5-3-4(9)1-2-6(5)12-7(10)11/h1-3H,(H4,10,11,12). The van der Waals surface area contributed by atoms with E-state index >= 15 is 0 Å². The van der Waals surface area contributed by atoms with Crippen molar-refractivity contribution in [2.24, 2.45) is 16.5 Å². The molecule has 0 aliphatic rings. The van der Waals surface area contributed by atoms with Crippen molar-refractivity contribution in [1.29, 1.82) is 0 Å². The second kappa shape index (κ2) is 3.70. The monoisotopic (exact) mass is 279 g/mol. The molecule has 0 saturated carbocycles. The first-order chi connectivity index (χ1) is 5.59. The Kier molecular flexibility index (Phi) is 2.85. The second-order valence-electron chi connectivity index (χ2n) is 2.13. The van der Waals surface area contributed by atoms with E-state index < -0.39 is 5.82 Å². The molecular weight excluding hydrogens is 272 g/mol. The van der Waals surface area contributed by atoms with E-state index in [1.54, 1.807) is 6.07 Å². The van der Waals surface area contributed by atoms with Gasteiger partial charge in [-0.3, -0.25) is 0 Å². The van der Waals surface area contributed by atoms with E-state index in [4.69, 9.17) is 11.5 Å². The van der Waals surface area contributed by atoms with Gasteiger partial charge in [0.15, 0.2) is 5.96 Å². The van der Waals surface area contributed by atoms with Gasteiger partial charge in [-0.1, -0.05) is 0 Å². The smallest absolute Gasteiger partial charge is 0.191 e. The van der Waals surface area contributed by atoms with E-state index in [1.807, 2.05) is 22.6 Å². The maximum Gasteiger partial charge on any atom is 0.191 e. The Morgan fingerprint density at radius 2 is 2.08 bits per heavy atom. The zero-order chi connectivity index (χ0) is 9.14. The first-order valence-electron chi connectivity index (χ1n) is 3.14. The van der Waals surface area contributed by atoms with Crippen LogP contribution in [0.15, 0.2) is 23.2 Å². The van der Waals surface area contributed by atoms with Gasteiger partial charge in [0.25, 0.3) is 0 Å². The van der Waals surface area contributed by atoms with Crippen molar-refractivity contribution >= 4 is 34.2 Å². The summed E-state index contributed by atoms with van der Waals surface area (Å²) in [4.78, 5) is 3.59. The Morgan fingerprint density at radius 3 is 2.58 bits per heavy atom. The van der Waals surface area contributed by atoms with Gasteiger partial charge in [0, 0.05) is 3.57 Å². The molecule has 3 nitrogen and oxygen atoms in total. The lowest BCUT2D eigenvalue weighted by atomic mass is 10.3. The van der Waals surface area contributed by atoms with Gasteiger partial charge >= 0.3 is 0 Å². The van der Waals surface area contributed by atoms with Gasteiger partial charge < -0.3 is 11.5 Å². The fourth-order valence-electron chi connectivity index (χ4n) is 0.711. The van der Waals surface area contributed by atoms with E-state index in [0.29, 0.717) is 0 Å². The van der Waals surface area contributed by atoms with Crippen molar-refractivity contribution in [2.45, 2.75) is 0 Å². The molecular formula is C7H7FIN3. The van der Waals surface area contributed by atoms with Gasteiger partial charge in [-0.15, -0.1) is 0 Å². The molecule has 12 heavy (non-hydrogen) atoms. The van der Waals surface area contributed by atoms with Gasteiger partial charge in [-0.2, -0.15) is 0 Å². The van der Waals surface area contributed by atoms with Crippen molar-refractivity contribution < 1.29 is 4.39 Å². The van der Waals surface area contributed by atoms with Gasteiger partial charge in [0.05, 0.1) is 0 Å². The van der Waals surface area contributed by atoms with Crippen molar-refractivity contribution in [1.82, 2.24) is 0 Å². The summed E-state index contributed by atoms with van der Waals surface area (Å²) in [6.07, 6.45) is 0. The van der Waals surface area contributed by atoms with E-state index in [-0.39, 0.29) is 11.6 Å². The summed E-state index contributed by atoms with van der Waals surface area (Å²) in [6, 6.07) is 4.62. The van der Waals surface area contributed by atoms with E-state index in [2.05, 4.69) is 4.99 Å². The third-order valence-electron chi connectivity index (χ3n) is 1.16. The summed E-state index contributed by atoms with van der Waals surface area (Å²) >= 11 is 2.00. The van der Waals surface area contributed by atoms with Crippen LogP contribution in [0.3, 0.4) is 0 Å². The van der Waals surface area contributed by atoms with Crippen LogP contribution >= 0.6 is 22.6 Å². The highest BCUT2D eigenvalue weighted by Gasteiger charge is 2.00. The van der Waals surface area contributed by atoms with Crippen molar-refractivity contribution in [3.05, 3.63) is 27.6 Å². The maximum absolute atomic E-state index is 13.0. The Hall–Kier alpha value is -0.850. The Labute approximate surface area is 82.8 Å². The fourth-order valence-corrected chi connectivity index (χ4v) is 1.16. The van der Waals surface area contributed by atoms with Gasteiger partial charge in [0.2, 0.25) is 0 Å². The zero-order valence-electron chi connectivity index (χ0n) is 6.09. The van der Waals surface area contributed by atoms with Crippen LogP contribution in [0.5, 0.6) is 0 Å². The summed E-state index contributed by atoms with van der Waals surface area (Å²) < 4.78 is 13.8. The third kappa shape index (κ3) is 2.33. The number of nitrogens with zero attached hydrogens (tertiary/aromatic N) is 1. The van der Waals surface area contributed by atoms with Gasteiger partial charge in [-0.05, 0) is 40.8 Å². The van der Waals surface area contributed by atoms with E-state index in [0.717, 1.165) is 3.57 Å². The summed E-state index contributed by atoms with van der Waals surface area (Å²) in [5, 5.41) is 0. The molecule has 5 heteroatoms. The minimum Gasteiger partial charge on any atom is -0.370 e. The van der Waals surface area contributed by atoms with Gasteiger partial charge in [-0.25, -0.2) is 9.38 Å². The van der Waals surface area contributed by atoms with Crippen LogP contribution in [0, 0.1) is 9.39 Å². The van der Waals surface area contributed by atoms with Crippen molar-refractivity contribution in [2.75, 3.05) is 0 Å². The number of hydrogen-bond donors (Lipinski definition) is 2. The molecule has 0 bridgehead atoms. The second-order valence-corrected chi connectivity index (χ2v) is 3.38. The molecule has 0 spiro atoms. The molecule has 1 aromatic carbocycles. The summed E-state index contributed by atoms with van der Waals surface area (Å²) in [6.45, 7) is 0. The normalized spacial score (nSPS) is 9.50. The molecule has 0 aliphatic heterocycles. The van der Waals surface area contributed by atoms with Crippen LogP contribution in [0.25, 0.3) is 0 Å². The Balaban J connectivity index is 3.10. The van der Waals surface area contributed by atoms with Crippen molar-refractivity contribution in [3.63, 3.8) is 0 Å².